The van der Waals surface area contributed by atoms with E-state index in [1.54, 1.807) is 11.3 Å². The quantitative estimate of drug-likeness (QED) is 0.866. The van der Waals surface area contributed by atoms with Gasteiger partial charge in [-0.15, -0.1) is 11.3 Å². The monoisotopic (exact) mass is 261 g/mol. The minimum atomic E-state index is -0.466. The number of aliphatic hydroxyl groups is 1. The maximum absolute atomic E-state index is 10.2. The van der Waals surface area contributed by atoms with Gasteiger partial charge >= 0.3 is 0 Å². The van der Waals surface area contributed by atoms with Gasteiger partial charge in [-0.3, -0.25) is 0 Å². The van der Waals surface area contributed by atoms with Gasteiger partial charge in [0.2, 0.25) is 0 Å². The van der Waals surface area contributed by atoms with Crippen LogP contribution in [0.25, 0.3) is 0 Å². The van der Waals surface area contributed by atoms with E-state index in [0.717, 1.165) is 12.1 Å². The zero-order valence-electron chi connectivity index (χ0n) is 10.8. The van der Waals surface area contributed by atoms with Crippen molar-refractivity contribution in [2.24, 2.45) is 0 Å². The van der Waals surface area contributed by atoms with E-state index < -0.39 is 6.10 Å². The fraction of sp³-hybridized carbons (Fsp3) is 0.333. The first-order valence-corrected chi connectivity index (χ1v) is 7.00. The molecule has 0 aliphatic rings. The van der Waals surface area contributed by atoms with E-state index in [1.807, 2.05) is 37.3 Å². The van der Waals surface area contributed by atoms with Crippen LogP contribution in [0.5, 0.6) is 0 Å². The predicted octanol–water partition coefficient (Wildman–Crippen LogP) is 3.27. The third-order valence-electron chi connectivity index (χ3n) is 3.01. The molecule has 0 aliphatic heterocycles. The van der Waals surface area contributed by atoms with Gasteiger partial charge in [0.25, 0.3) is 0 Å². The van der Waals surface area contributed by atoms with Crippen molar-refractivity contribution in [2.45, 2.75) is 32.5 Å². The Kier molecular flexibility index (Phi) is 4.53. The highest BCUT2D eigenvalue weighted by Crippen LogP contribution is 2.18. The molecule has 2 rings (SSSR count). The Morgan fingerprint density at radius 3 is 2.50 bits per heavy atom. The summed E-state index contributed by atoms with van der Waals surface area (Å²) in [6, 6.07) is 14.1. The molecule has 1 aromatic carbocycles. The van der Waals surface area contributed by atoms with Gasteiger partial charge in [0, 0.05) is 22.3 Å². The molecule has 1 aromatic heterocycles. The maximum atomic E-state index is 10.2. The zero-order chi connectivity index (χ0) is 13.0. The number of benzene rings is 1. The van der Waals surface area contributed by atoms with Crippen molar-refractivity contribution < 1.29 is 5.11 Å². The molecule has 0 radical (unpaired) electrons. The number of rotatable bonds is 5. The molecule has 1 heterocycles. The van der Waals surface area contributed by atoms with Crippen molar-refractivity contribution in [2.75, 3.05) is 0 Å². The van der Waals surface area contributed by atoms with E-state index in [4.69, 9.17) is 0 Å². The van der Waals surface area contributed by atoms with Gasteiger partial charge in [-0.05, 0) is 31.5 Å². The van der Waals surface area contributed by atoms with Crippen LogP contribution in [0, 0.1) is 6.92 Å². The molecule has 0 saturated heterocycles. The highest BCUT2D eigenvalue weighted by molar-refractivity contribution is 7.11. The van der Waals surface area contributed by atoms with E-state index >= 15 is 0 Å². The SMILES string of the molecule is Cc1ccc(CN[C@@H](C)[C@H](O)c2ccccc2)s1. The van der Waals surface area contributed by atoms with E-state index in [1.165, 1.54) is 9.75 Å². The van der Waals surface area contributed by atoms with Crippen molar-refractivity contribution in [1.29, 1.82) is 0 Å². The molecule has 0 saturated carbocycles. The number of aryl methyl sites for hydroxylation is 1. The molecular weight excluding hydrogens is 242 g/mol. The summed E-state index contributed by atoms with van der Waals surface area (Å²) in [6.07, 6.45) is -0.466. The Balaban J connectivity index is 1.90. The van der Waals surface area contributed by atoms with Crippen LogP contribution in [0.1, 0.15) is 28.3 Å². The van der Waals surface area contributed by atoms with Crippen molar-refractivity contribution in [3.8, 4) is 0 Å². The molecule has 18 heavy (non-hydrogen) atoms. The van der Waals surface area contributed by atoms with Gasteiger partial charge in [0.1, 0.15) is 0 Å². The molecule has 0 amide bonds. The van der Waals surface area contributed by atoms with Crippen LogP contribution in [0.4, 0.5) is 0 Å². The summed E-state index contributed by atoms with van der Waals surface area (Å²) in [5, 5.41) is 13.6. The van der Waals surface area contributed by atoms with Crippen LogP contribution in [0.15, 0.2) is 42.5 Å². The minimum Gasteiger partial charge on any atom is -0.387 e. The van der Waals surface area contributed by atoms with Gasteiger partial charge in [-0.25, -0.2) is 0 Å². The van der Waals surface area contributed by atoms with E-state index in [-0.39, 0.29) is 6.04 Å². The molecule has 0 aliphatic carbocycles. The fourth-order valence-electron chi connectivity index (χ4n) is 1.89. The Hall–Kier alpha value is -1.16. The second kappa shape index (κ2) is 6.14. The summed E-state index contributed by atoms with van der Waals surface area (Å²) in [4.78, 5) is 2.63. The third-order valence-corrected chi connectivity index (χ3v) is 4.01. The second-order valence-electron chi connectivity index (χ2n) is 4.54. The summed E-state index contributed by atoms with van der Waals surface area (Å²) < 4.78 is 0. The first-order valence-electron chi connectivity index (χ1n) is 6.18. The van der Waals surface area contributed by atoms with Gasteiger partial charge in [0.05, 0.1) is 6.10 Å². The molecule has 0 spiro atoms. The molecule has 0 unspecified atom stereocenters. The number of hydrogen-bond donors (Lipinski definition) is 2. The zero-order valence-corrected chi connectivity index (χ0v) is 11.6. The van der Waals surface area contributed by atoms with E-state index in [0.29, 0.717) is 0 Å². The number of aliphatic hydroxyl groups excluding tert-OH is 1. The average molecular weight is 261 g/mol. The second-order valence-corrected chi connectivity index (χ2v) is 5.91. The topological polar surface area (TPSA) is 32.3 Å². The standard InChI is InChI=1S/C15H19NOS/c1-11-8-9-14(18-11)10-16-12(2)15(17)13-6-4-3-5-7-13/h3-9,12,15-17H,10H2,1-2H3/t12-,15-/m0/s1. The smallest absolute Gasteiger partial charge is 0.0940 e. The van der Waals surface area contributed by atoms with Crippen LogP contribution < -0.4 is 5.32 Å². The van der Waals surface area contributed by atoms with Crippen molar-refractivity contribution in [3.05, 3.63) is 57.8 Å². The normalized spacial score (nSPS) is 14.4. The Morgan fingerprint density at radius 1 is 1.17 bits per heavy atom. The van der Waals surface area contributed by atoms with Gasteiger partial charge < -0.3 is 10.4 Å². The van der Waals surface area contributed by atoms with Gasteiger partial charge in [-0.2, -0.15) is 0 Å². The van der Waals surface area contributed by atoms with Crippen molar-refractivity contribution in [1.82, 2.24) is 5.32 Å². The van der Waals surface area contributed by atoms with Crippen molar-refractivity contribution >= 4 is 11.3 Å². The van der Waals surface area contributed by atoms with Crippen LogP contribution >= 0.6 is 11.3 Å². The summed E-state index contributed by atoms with van der Waals surface area (Å²) in [5.74, 6) is 0. The maximum Gasteiger partial charge on any atom is 0.0940 e. The molecule has 3 heteroatoms. The molecule has 2 atom stereocenters. The summed E-state index contributed by atoms with van der Waals surface area (Å²) in [6.45, 7) is 4.93. The molecule has 2 aromatic rings. The Morgan fingerprint density at radius 2 is 1.89 bits per heavy atom. The highest BCUT2D eigenvalue weighted by atomic mass is 32.1. The lowest BCUT2D eigenvalue weighted by molar-refractivity contribution is 0.135. The number of hydrogen-bond acceptors (Lipinski definition) is 3. The molecule has 2 N–H and O–H groups in total. The number of thiophene rings is 1. The molecule has 96 valence electrons. The third kappa shape index (κ3) is 3.42. The molecule has 0 bridgehead atoms. The molecular formula is C15H19NOS. The summed E-state index contributed by atoms with van der Waals surface area (Å²) in [5.41, 5.74) is 0.958. The summed E-state index contributed by atoms with van der Waals surface area (Å²) >= 11 is 1.79. The average Bonchev–Trinajstić information content (AvgIpc) is 2.82. The first kappa shape index (κ1) is 13.3. The van der Waals surface area contributed by atoms with Crippen molar-refractivity contribution in [3.63, 3.8) is 0 Å². The Labute approximate surface area is 112 Å². The lowest BCUT2D eigenvalue weighted by Gasteiger charge is -2.20. The molecule has 0 fully saturated rings. The summed E-state index contributed by atoms with van der Waals surface area (Å²) in [7, 11) is 0. The largest absolute Gasteiger partial charge is 0.387 e. The highest BCUT2D eigenvalue weighted by Gasteiger charge is 2.15. The fourth-order valence-corrected chi connectivity index (χ4v) is 2.73. The van der Waals surface area contributed by atoms with Gasteiger partial charge in [-0.1, -0.05) is 30.3 Å². The lowest BCUT2D eigenvalue weighted by atomic mass is 10.0. The van der Waals surface area contributed by atoms with Crippen LogP contribution in [0.2, 0.25) is 0 Å². The first-order chi connectivity index (χ1) is 8.66. The van der Waals surface area contributed by atoms with Gasteiger partial charge in [0.15, 0.2) is 0 Å². The van der Waals surface area contributed by atoms with Crippen LogP contribution in [0.3, 0.4) is 0 Å². The lowest BCUT2D eigenvalue weighted by Crippen LogP contribution is -2.31. The van der Waals surface area contributed by atoms with Crippen LogP contribution in [-0.4, -0.2) is 11.1 Å². The minimum absolute atomic E-state index is 0.0369. The number of nitrogens with one attached hydrogen (secondary N) is 1. The van der Waals surface area contributed by atoms with Crippen LogP contribution in [-0.2, 0) is 6.54 Å². The van der Waals surface area contributed by atoms with E-state index in [2.05, 4.69) is 24.4 Å². The van der Waals surface area contributed by atoms with E-state index in [9.17, 15) is 5.11 Å². The molecule has 2 nitrogen and oxygen atoms in total. The Bertz CT molecular complexity index is 480. The predicted molar refractivity (Wildman–Crippen MR) is 76.8 cm³/mol.